The van der Waals surface area contributed by atoms with Crippen molar-refractivity contribution in [1.82, 2.24) is 20.5 Å². The number of nitrogens with zero attached hydrogens (tertiary/aromatic N) is 2. The lowest BCUT2D eigenvalue weighted by Gasteiger charge is -2.34. The van der Waals surface area contributed by atoms with Crippen LogP contribution in [0.15, 0.2) is 53.3 Å². The molecule has 202 valence electrons. The topological polar surface area (TPSA) is 87.5 Å². The van der Waals surface area contributed by atoms with Crippen molar-refractivity contribution in [3.8, 4) is 11.1 Å². The monoisotopic (exact) mass is 528 g/mol. The van der Waals surface area contributed by atoms with Crippen molar-refractivity contribution in [3.05, 3.63) is 77.0 Å². The predicted octanol–water partition coefficient (Wildman–Crippen LogP) is 5.76. The van der Waals surface area contributed by atoms with Crippen LogP contribution < -0.4 is 10.6 Å². The molecule has 0 aliphatic carbocycles. The zero-order valence-electron chi connectivity index (χ0n) is 21.8. The zero-order chi connectivity index (χ0) is 27.7. The number of fused-ring (bicyclic) bond motifs is 1. The molecule has 1 atom stereocenters. The molecule has 1 unspecified atom stereocenters. The highest BCUT2D eigenvalue weighted by atomic mass is 19.4. The fraction of sp³-hybridized carbons (Fsp3) is 0.393. The van der Waals surface area contributed by atoms with Gasteiger partial charge in [0, 0.05) is 30.7 Å². The van der Waals surface area contributed by atoms with Crippen molar-refractivity contribution in [2.45, 2.75) is 58.3 Å². The number of alkyl halides is 3. The van der Waals surface area contributed by atoms with Crippen molar-refractivity contribution in [2.24, 2.45) is 0 Å². The highest BCUT2D eigenvalue weighted by Crippen LogP contribution is 2.36. The molecule has 3 amide bonds. The first kappa shape index (κ1) is 27.2. The molecule has 0 saturated carbocycles. The highest BCUT2D eigenvalue weighted by Gasteiger charge is 2.32. The van der Waals surface area contributed by atoms with Crippen molar-refractivity contribution in [2.75, 3.05) is 13.1 Å². The quantitative estimate of drug-likeness (QED) is 0.441. The number of aromatic nitrogens is 1. The van der Waals surface area contributed by atoms with Gasteiger partial charge < -0.3 is 20.0 Å². The normalized spacial score (nSPS) is 14.6. The fourth-order valence-corrected chi connectivity index (χ4v) is 4.50. The number of carbonyl (C=O) groups excluding carboxylic acids is 2. The smallest absolute Gasteiger partial charge is 0.416 e. The van der Waals surface area contributed by atoms with Crippen molar-refractivity contribution >= 4 is 11.9 Å². The molecule has 1 aliphatic heterocycles. The lowest BCUT2D eigenvalue weighted by Crippen LogP contribution is -2.50. The number of hydrogen-bond acceptors (Lipinski definition) is 4. The molecule has 7 nitrogen and oxygen atoms in total. The molecular weight excluding hydrogens is 497 g/mol. The van der Waals surface area contributed by atoms with E-state index in [0.717, 1.165) is 17.7 Å². The van der Waals surface area contributed by atoms with Crippen LogP contribution in [0.4, 0.5) is 18.0 Å². The van der Waals surface area contributed by atoms with Gasteiger partial charge in [0.25, 0.3) is 5.91 Å². The minimum absolute atomic E-state index is 0.155. The van der Waals surface area contributed by atoms with Gasteiger partial charge in [-0.15, -0.1) is 0 Å². The number of carbonyl (C=O) groups is 2. The molecule has 0 spiro atoms. The summed E-state index contributed by atoms with van der Waals surface area (Å²) in [6.07, 6.45) is -1.08. The average Bonchev–Trinajstić information content (AvgIpc) is 3.40. The van der Waals surface area contributed by atoms with E-state index in [-0.39, 0.29) is 30.9 Å². The third-order valence-electron chi connectivity index (χ3n) is 6.37. The Kier molecular flexibility index (Phi) is 7.53. The molecule has 0 fully saturated rings. The number of oxazole rings is 1. The summed E-state index contributed by atoms with van der Waals surface area (Å²) in [5, 5.41) is 5.84. The molecule has 0 radical (unpaired) electrons. The molecule has 2 heterocycles. The molecule has 0 saturated heterocycles. The molecule has 2 N–H and O–H groups in total. The van der Waals surface area contributed by atoms with Crippen LogP contribution >= 0.6 is 0 Å². The van der Waals surface area contributed by atoms with Gasteiger partial charge in [-0.25, -0.2) is 9.78 Å². The maximum atomic E-state index is 13.4. The average molecular weight is 529 g/mol. The predicted molar refractivity (Wildman–Crippen MR) is 137 cm³/mol. The van der Waals surface area contributed by atoms with Gasteiger partial charge in [-0.3, -0.25) is 4.79 Å². The summed E-state index contributed by atoms with van der Waals surface area (Å²) in [4.78, 5) is 32.0. The summed E-state index contributed by atoms with van der Waals surface area (Å²) in [5.74, 6) is -0.00574. The van der Waals surface area contributed by atoms with Crippen LogP contribution in [0, 0.1) is 0 Å². The van der Waals surface area contributed by atoms with E-state index in [9.17, 15) is 22.8 Å². The molecule has 2 aromatic carbocycles. The van der Waals surface area contributed by atoms with Crippen LogP contribution in [-0.2, 0) is 19.1 Å². The first-order valence-electron chi connectivity index (χ1n) is 12.4. The Morgan fingerprint density at radius 1 is 1.13 bits per heavy atom. The van der Waals surface area contributed by atoms with E-state index in [1.165, 1.54) is 18.5 Å². The summed E-state index contributed by atoms with van der Waals surface area (Å²) in [5.41, 5.74) is 1.60. The minimum atomic E-state index is -4.47. The molecule has 1 aliphatic rings. The minimum Gasteiger partial charge on any atom is -0.449 e. The van der Waals surface area contributed by atoms with E-state index >= 15 is 0 Å². The van der Waals surface area contributed by atoms with Crippen molar-refractivity contribution in [3.63, 3.8) is 0 Å². The van der Waals surface area contributed by atoms with Gasteiger partial charge in [0.05, 0.1) is 17.7 Å². The molecule has 1 aromatic heterocycles. The van der Waals surface area contributed by atoms with E-state index in [1.807, 2.05) is 27.7 Å². The second-order valence-electron chi connectivity index (χ2n) is 10.5. The molecule has 10 heteroatoms. The second-order valence-corrected chi connectivity index (χ2v) is 10.5. The molecule has 3 aromatic rings. The SMILES string of the molecule is CC(CNC(=O)c1ccc(-c2cccc(C(F)(F)F)c2)c2c1CN(C(=O)NC(C)(C)C)CC2)c1ncco1. The Balaban J connectivity index is 1.69. The Hall–Kier alpha value is -3.82. The van der Waals surface area contributed by atoms with Crippen LogP contribution in [-0.4, -0.2) is 40.5 Å². The number of benzene rings is 2. The largest absolute Gasteiger partial charge is 0.449 e. The van der Waals surface area contributed by atoms with Gasteiger partial charge in [0.1, 0.15) is 6.26 Å². The van der Waals surface area contributed by atoms with Gasteiger partial charge >= 0.3 is 12.2 Å². The van der Waals surface area contributed by atoms with Crippen LogP contribution in [0.3, 0.4) is 0 Å². The highest BCUT2D eigenvalue weighted by molar-refractivity contribution is 5.97. The maximum Gasteiger partial charge on any atom is 0.416 e. The maximum absolute atomic E-state index is 13.4. The standard InChI is InChI=1S/C28H31F3N4O3/c1-17(25-32-11-13-38-25)15-33-24(36)22-9-8-20(18-6-5-7-19(14-18)28(29,30)31)21-10-12-35(16-23(21)22)26(37)34-27(2,3)4/h5-9,11,13-14,17H,10,12,15-16H2,1-4H3,(H,33,36)(H,34,37). The number of nitrogens with one attached hydrogen (secondary N) is 2. The summed E-state index contributed by atoms with van der Waals surface area (Å²) < 4.78 is 45.5. The van der Waals surface area contributed by atoms with E-state index < -0.39 is 17.3 Å². The summed E-state index contributed by atoms with van der Waals surface area (Å²) in [6.45, 7) is 8.30. The summed E-state index contributed by atoms with van der Waals surface area (Å²) in [7, 11) is 0. The first-order valence-corrected chi connectivity index (χ1v) is 12.4. The van der Waals surface area contributed by atoms with Gasteiger partial charge in [-0.05, 0) is 67.6 Å². The van der Waals surface area contributed by atoms with Crippen LogP contribution in [0.2, 0.25) is 0 Å². The Bertz CT molecular complexity index is 1310. The van der Waals surface area contributed by atoms with Crippen LogP contribution in [0.1, 0.15) is 66.6 Å². The zero-order valence-corrected chi connectivity index (χ0v) is 21.8. The number of rotatable bonds is 5. The van der Waals surface area contributed by atoms with Gasteiger partial charge in [0.15, 0.2) is 5.89 Å². The Morgan fingerprint density at radius 2 is 1.89 bits per heavy atom. The third-order valence-corrected chi connectivity index (χ3v) is 6.37. The number of amides is 3. The second kappa shape index (κ2) is 10.5. The Morgan fingerprint density at radius 3 is 2.55 bits per heavy atom. The van der Waals surface area contributed by atoms with E-state index in [1.54, 1.807) is 23.1 Å². The van der Waals surface area contributed by atoms with Crippen molar-refractivity contribution in [1.29, 1.82) is 0 Å². The Labute approximate surface area is 219 Å². The van der Waals surface area contributed by atoms with Gasteiger partial charge in [0.2, 0.25) is 0 Å². The molecule has 38 heavy (non-hydrogen) atoms. The third kappa shape index (κ3) is 6.17. The first-order chi connectivity index (χ1) is 17.8. The number of hydrogen-bond donors (Lipinski definition) is 2. The van der Waals surface area contributed by atoms with E-state index in [2.05, 4.69) is 15.6 Å². The molecular formula is C28H31F3N4O3. The van der Waals surface area contributed by atoms with E-state index in [4.69, 9.17) is 4.42 Å². The molecule has 4 rings (SSSR count). The molecule has 0 bridgehead atoms. The van der Waals surface area contributed by atoms with Crippen molar-refractivity contribution < 1.29 is 27.2 Å². The number of urea groups is 1. The summed E-state index contributed by atoms with van der Waals surface area (Å²) in [6, 6.07) is 8.19. The van der Waals surface area contributed by atoms with Gasteiger partial charge in [-0.1, -0.05) is 25.1 Å². The van der Waals surface area contributed by atoms with Crippen LogP contribution in [0.5, 0.6) is 0 Å². The van der Waals surface area contributed by atoms with Gasteiger partial charge in [-0.2, -0.15) is 13.2 Å². The fourth-order valence-electron chi connectivity index (χ4n) is 4.50. The lowest BCUT2D eigenvalue weighted by molar-refractivity contribution is -0.137. The summed E-state index contributed by atoms with van der Waals surface area (Å²) >= 11 is 0. The number of halogens is 3. The lowest BCUT2D eigenvalue weighted by atomic mass is 9.87. The van der Waals surface area contributed by atoms with E-state index in [0.29, 0.717) is 41.1 Å². The van der Waals surface area contributed by atoms with Crippen LogP contribution in [0.25, 0.3) is 11.1 Å².